The number of nitrogens with zero attached hydrogens (tertiary/aromatic N) is 2. The van der Waals surface area contributed by atoms with Crippen LogP contribution in [0.2, 0.25) is 0 Å². The van der Waals surface area contributed by atoms with Crippen LogP contribution in [0.25, 0.3) is 16.3 Å². The maximum Gasteiger partial charge on any atom is 0.265 e. The Morgan fingerprint density at radius 3 is 2.77 bits per heavy atom. The molecule has 2 heterocycles. The molecule has 0 spiro atoms. The van der Waals surface area contributed by atoms with Gasteiger partial charge in [-0.2, -0.15) is 13.0 Å². The van der Waals surface area contributed by atoms with Crippen LogP contribution in [0.1, 0.15) is 17.0 Å². The minimum atomic E-state index is -3.99. The SMILES string of the molecule is Cc1ccc2c(c1)sc(C=C1Sc3ccccc3N1CCO)[n+]2CCCS(=O)(=O)O. The van der Waals surface area contributed by atoms with Crippen LogP contribution in [-0.2, 0) is 16.7 Å². The molecule has 0 saturated carbocycles. The molecule has 30 heavy (non-hydrogen) atoms. The number of aromatic nitrogens is 1. The Morgan fingerprint density at radius 2 is 2.00 bits per heavy atom. The molecule has 0 amide bonds. The van der Waals surface area contributed by atoms with E-state index in [4.69, 9.17) is 4.55 Å². The Balaban J connectivity index is 1.75. The number of anilines is 1. The summed E-state index contributed by atoms with van der Waals surface area (Å²) >= 11 is 3.32. The summed E-state index contributed by atoms with van der Waals surface area (Å²) in [5, 5.41) is 11.6. The van der Waals surface area contributed by atoms with Gasteiger partial charge in [-0.3, -0.25) is 4.55 Å². The Labute approximate surface area is 184 Å². The van der Waals surface area contributed by atoms with E-state index < -0.39 is 10.1 Å². The second-order valence-corrected chi connectivity index (χ2v) is 10.8. The van der Waals surface area contributed by atoms with Gasteiger partial charge in [0.05, 0.1) is 29.2 Å². The van der Waals surface area contributed by atoms with Gasteiger partial charge in [-0.25, -0.2) is 0 Å². The number of aliphatic hydroxyl groups is 1. The molecule has 0 fully saturated rings. The minimum absolute atomic E-state index is 0.0478. The molecule has 2 aromatic carbocycles. The van der Waals surface area contributed by atoms with Crippen molar-refractivity contribution in [2.24, 2.45) is 0 Å². The fraction of sp³-hybridized carbons (Fsp3) is 0.286. The van der Waals surface area contributed by atoms with Crippen LogP contribution in [0.4, 0.5) is 5.69 Å². The third kappa shape index (κ3) is 4.55. The first kappa shape index (κ1) is 21.3. The van der Waals surface area contributed by atoms with E-state index in [1.54, 1.807) is 23.1 Å². The van der Waals surface area contributed by atoms with E-state index in [0.717, 1.165) is 36.4 Å². The molecule has 1 aromatic heterocycles. The Bertz CT molecular complexity index is 1220. The predicted molar refractivity (Wildman–Crippen MR) is 122 cm³/mol. The lowest BCUT2D eigenvalue weighted by Gasteiger charge is -2.18. The molecule has 3 aromatic rings. The molecule has 0 atom stereocenters. The number of hydrogen-bond acceptors (Lipinski definition) is 6. The molecule has 0 bridgehead atoms. The summed E-state index contributed by atoms with van der Waals surface area (Å²) in [6.07, 6.45) is 2.43. The highest BCUT2D eigenvalue weighted by atomic mass is 32.2. The molecule has 2 N–H and O–H groups in total. The zero-order valence-corrected chi connectivity index (χ0v) is 18.9. The Hall–Kier alpha value is -1.91. The number of thioether (sulfide) groups is 1. The summed E-state index contributed by atoms with van der Waals surface area (Å²) in [7, 11) is -3.99. The Kier molecular flexibility index (Phi) is 6.17. The lowest BCUT2D eigenvalue weighted by Crippen LogP contribution is -2.36. The molecule has 158 valence electrons. The van der Waals surface area contributed by atoms with Crippen molar-refractivity contribution < 1.29 is 22.6 Å². The van der Waals surface area contributed by atoms with Gasteiger partial charge in [-0.15, -0.1) is 0 Å². The first-order valence-corrected chi connectivity index (χ1v) is 12.8. The molecule has 4 rings (SSSR count). The fourth-order valence-electron chi connectivity index (χ4n) is 3.55. The van der Waals surface area contributed by atoms with Crippen LogP contribution < -0.4 is 9.47 Å². The molecular weight excluding hydrogens is 440 g/mol. The van der Waals surface area contributed by atoms with Gasteiger partial charge >= 0.3 is 0 Å². The molecule has 0 radical (unpaired) electrons. The highest BCUT2D eigenvalue weighted by Gasteiger charge is 2.27. The number of aliphatic hydroxyl groups excluding tert-OH is 1. The third-order valence-corrected chi connectivity index (χ3v) is 7.89. The number of fused-ring (bicyclic) bond motifs is 2. The Morgan fingerprint density at radius 1 is 1.20 bits per heavy atom. The molecule has 6 nitrogen and oxygen atoms in total. The number of hydrogen-bond donors (Lipinski definition) is 2. The smallest absolute Gasteiger partial charge is 0.265 e. The van der Waals surface area contributed by atoms with Crippen molar-refractivity contribution in [1.82, 2.24) is 0 Å². The summed E-state index contributed by atoms with van der Waals surface area (Å²) in [6, 6.07) is 14.3. The fourth-order valence-corrected chi connectivity index (χ4v) is 6.47. The summed E-state index contributed by atoms with van der Waals surface area (Å²) in [6.45, 7) is 3.08. The molecule has 1 aliphatic rings. The maximum absolute atomic E-state index is 11.2. The van der Waals surface area contributed by atoms with E-state index >= 15 is 0 Å². The first-order valence-electron chi connectivity index (χ1n) is 9.61. The van der Waals surface area contributed by atoms with E-state index in [-0.39, 0.29) is 12.4 Å². The van der Waals surface area contributed by atoms with E-state index in [9.17, 15) is 13.5 Å². The topological polar surface area (TPSA) is 81.7 Å². The highest BCUT2D eigenvalue weighted by molar-refractivity contribution is 8.03. The molecule has 0 unspecified atom stereocenters. The zero-order valence-electron chi connectivity index (χ0n) is 16.5. The van der Waals surface area contributed by atoms with Crippen LogP contribution in [0.5, 0.6) is 0 Å². The van der Waals surface area contributed by atoms with Crippen molar-refractivity contribution in [3.63, 3.8) is 0 Å². The minimum Gasteiger partial charge on any atom is -0.395 e. The van der Waals surface area contributed by atoms with Crippen LogP contribution in [0.3, 0.4) is 0 Å². The molecule has 0 saturated heterocycles. The van der Waals surface area contributed by atoms with E-state index in [1.165, 1.54) is 0 Å². The quantitative estimate of drug-likeness (QED) is 0.411. The first-order chi connectivity index (χ1) is 14.4. The van der Waals surface area contributed by atoms with Crippen molar-refractivity contribution >= 4 is 55.2 Å². The van der Waals surface area contributed by atoms with Crippen LogP contribution in [0, 0.1) is 6.92 Å². The lowest BCUT2D eigenvalue weighted by molar-refractivity contribution is -0.668. The standard InChI is InChI=1S/C21H22N2O4S3/c1-15-7-8-17-19(13-15)29-20(22(17)9-4-12-30(25,26)27)14-21-23(10-11-24)16-5-2-3-6-18(16)28-21/h2-3,5-8,13-14,24H,4,9-12H2,1H3/p+1. The number of thiazole rings is 1. The molecule has 9 heteroatoms. The second kappa shape index (κ2) is 8.68. The lowest BCUT2D eigenvalue weighted by atomic mass is 10.2. The van der Waals surface area contributed by atoms with Crippen LogP contribution in [0.15, 0.2) is 52.4 Å². The zero-order chi connectivity index (χ0) is 21.3. The number of benzene rings is 2. The van der Waals surface area contributed by atoms with E-state index in [0.29, 0.717) is 19.5 Å². The van der Waals surface area contributed by atoms with Crippen molar-refractivity contribution in [2.75, 3.05) is 23.8 Å². The number of aryl methyl sites for hydroxylation is 2. The van der Waals surface area contributed by atoms with Crippen LogP contribution >= 0.6 is 23.1 Å². The molecule has 0 aliphatic carbocycles. The van der Waals surface area contributed by atoms with Gasteiger partial charge in [0.15, 0.2) is 6.54 Å². The van der Waals surface area contributed by atoms with Crippen molar-refractivity contribution in [3.8, 4) is 0 Å². The van der Waals surface area contributed by atoms with Gasteiger partial charge in [0, 0.05) is 23.9 Å². The summed E-state index contributed by atoms with van der Waals surface area (Å²) in [5.74, 6) is -0.268. The molecular formula is C21H23N2O4S3+. The maximum atomic E-state index is 11.2. The number of para-hydroxylation sites is 1. The van der Waals surface area contributed by atoms with Crippen molar-refractivity contribution in [2.45, 2.75) is 24.8 Å². The predicted octanol–water partition coefficient (Wildman–Crippen LogP) is 3.68. The van der Waals surface area contributed by atoms with Gasteiger partial charge in [-0.1, -0.05) is 41.3 Å². The summed E-state index contributed by atoms with van der Waals surface area (Å²) in [4.78, 5) is 3.25. The van der Waals surface area contributed by atoms with E-state index in [1.807, 2.05) is 31.2 Å². The highest BCUT2D eigenvalue weighted by Crippen LogP contribution is 2.46. The average molecular weight is 464 g/mol. The largest absolute Gasteiger partial charge is 0.395 e. The van der Waals surface area contributed by atoms with Gasteiger partial charge in [0.2, 0.25) is 5.52 Å². The summed E-state index contributed by atoms with van der Waals surface area (Å²) in [5.41, 5.74) is 3.29. The van der Waals surface area contributed by atoms with Crippen LogP contribution in [-0.4, -0.2) is 37.0 Å². The normalized spacial score (nSPS) is 15.3. The monoisotopic (exact) mass is 463 g/mol. The van der Waals surface area contributed by atoms with Crippen molar-refractivity contribution in [1.29, 1.82) is 0 Å². The van der Waals surface area contributed by atoms with Gasteiger partial charge in [0.1, 0.15) is 4.70 Å². The van der Waals surface area contributed by atoms with Gasteiger partial charge < -0.3 is 10.0 Å². The van der Waals surface area contributed by atoms with Crippen molar-refractivity contribution in [3.05, 3.63) is 58.1 Å². The third-order valence-electron chi connectivity index (χ3n) is 4.88. The van der Waals surface area contributed by atoms with E-state index in [2.05, 4.69) is 33.7 Å². The molecule has 1 aliphatic heterocycles. The average Bonchev–Trinajstić information content (AvgIpc) is 3.19. The number of β-amino-alcohol motifs (C(OH)–C–C–N with tert-alkyl or cyclic N) is 1. The van der Waals surface area contributed by atoms with Gasteiger partial charge in [0.25, 0.3) is 15.1 Å². The number of rotatable bonds is 7. The van der Waals surface area contributed by atoms with Gasteiger partial charge in [-0.05, 0) is 30.7 Å². The second-order valence-electron chi connectivity index (χ2n) is 7.13. The summed E-state index contributed by atoms with van der Waals surface area (Å²) < 4.78 is 34.7.